The zero-order valence-electron chi connectivity index (χ0n) is 16.6. The Hall–Kier alpha value is -2.72. The Balaban J connectivity index is 1.43. The van der Waals surface area contributed by atoms with Crippen LogP contribution in [0.3, 0.4) is 0 Å². The minimum absolute atomic E-state index is 0.0739. The van der Waals surface area contributed by atoms with Crippen molar-refractivity contribution in [3.8, 4) is 0 Å². The summed E-state index contributed by atoms with van der Waals surface area (Å²) in [5, 5.41) is 5.35. The number of aromatic nitrogens is 1. The first kappa shape index (κ1) is 19.6. The van der Waals surface area contributed by atoms with E-state index in [1.807, 2.05) is 53.4 Å². The molecule has 2 N–H and O–H groups in total. The fraction of sp³-hybridized carbons (Fsp3) is 0.292. The summed E-state index contributed by atoms with van der Waals surface area (Å²) in [6, 6.07) is 18.1. The Labute approximate surface area is 176 Å². The maximum atomic E-state index is 13.2. The van der Waals surface area contributed by atoms with Crippen LogP contribution in [0, 0.1) is 0 Å². The third kappa shape index (κ3) is 4.48. The number of H-pyrrole nitrogens is 1. The summed E-state index contributed by atoms with van der Waals surface area (Å²) in [6.45, 7) is 3.49. The lowest BCUT2D eigenvalue weighted by atomic mass is 9.96. The summed E-state index contributed by atoms with van der Waals surface area (Å²) in [5.41, 5.74) is 4.02. The minimum atomic E-state index is 0.0739. The molecule has 0 saturated heterocycles. The number of carbonyl (C=O) groups is 1. The van der Waals surface area contributed by atoms with E-state index in [1.165, 1.54) is 5.70 Å². The summed E-state index contributed by atoms with van der Waals surface area (Å²) in [5.74, 6) is 0.0739. The number of amides is 1. The summed E-state index contributed by atoms with van der Waals surface area (Å²) in [4.78, 5) is 18.5. The van der Waals surface area contributed by atoms with Crippen LogP contribution in [0.5, 0.6) is 0 Å². The van der Waals surface area contributed by atoms with Crippen molar-refractivity contribution in [3.63, 3.8) is 0 Å². The van der Waals surface area contributed by atoms with E-state index in [-0.39, 0.29) is 11.9 Å². The van der Waals surface area contributed by atoms with Crippen LogP contribution in [0.1, 0.15) is 42.2 Å². The van der Waals surface area contributed by atoms with Crippen molar-refractivity contribution in [2.75, 3.05) is 6.54 Å². The number of benzene rings is 2. The van der Waals surface area contributed by atoms with Gasteiger partial charge in [0.1, 0.15) is 5.69 Å². The number of hydrogen-bond donors (Lipinski definition) is 2. The molecule has 29 heavy (non-hydrogen) atoms. The van der Waals surface area contributed by atoms with Crippen molar-refractivity contribution < 1.29 is 4.79 Å². The van der Waals surface area contributed by atoms with Gasteiger partial charge >= 0.3 is 0 Å². The third-order valence-electron chi connectivity index (χ3n) is 5.56. The molecule has 1 aliphatic carbocycles. The van der Waals surface area contributed by atoms with Gasteiger partial charge in [-0.3, -0.25) is 4.79 Å². The van der Waals surface area contributed by atoms with Crippen LogP contribution in [0.15, 0.2) is 66.4 Å². The Morgan fingerprint density at radius 3 is 2.86 bits per heavy atom. The second kappa shape index (κ2) is 8.75. The molecular weight excluding hydrogens is 382 g/mol. The van der Waals surface area contributed by atoms with Crippen LogP contribution in [0.25, 0.3) is 10.9 Å². The fourth-order valence-corrected chi connectivity index (χ4v) is 4.29. The van der Waals surface area contributed by atoms with Crippen molar-refractivity contribution in [3.05, 3.63) is 82.7 Å². The van der Waals surface area contributed by atoms with Gasteiger partial charge in [0.15, 0.2) is 0 Å². The topological polar surface area (TPSA) is 48.1 Å². The van der Waals surface area contributed by atoms with Gasteiger partial charge in [0.2, 0.25) is 0 Å². The number of allylic oxidation sites excluding steroid dienone is 1. The lowest BCUT2D eigenvalue weighted by Crippen LogP contribution is -2.42. The van der Waals surface area contributed by atoms with Crippen molar-refractivity contribution in [2.24, 2.45) is 0 Å². The number of nitrogens with zero attached hydrogens (tertiary/aromatic N) is 1. The van der Waals surface area contributed by atoms with E-state index >= 15 is 0 Å². The van der Waals surface area contributed by atoms with Crippen molar-refractivity contribution in [1.82, 2.24) is 15.2 Å². The monoisotopic (exact) mass is 407 g/mol. The van der Waals surface area contributed by atoms with E-state index in [9.17, 15) is 4.79 Å². The highest BCUT2D eigenvalue weighted by Gasteiger charge is 2.27. The van der Waals surface area contributed by atoms with Gasteiger partial charge in [-0.15, -0.1) is 0 Å². The SMILES string of the molecule is CCN(C(=O)c1cc2ccccc2[nH]1)[C@H]1CCC=C(NCc2cccc(Cl)c2)C1. The maximum Gasteiger partial charge on any atom is 0.270 e. The van der Waals surface area contributed by atoms with Gasteiger partial charge < -0.3 is 15.2 Å². The Bertz CT molecular complexity index is 1010. The number of fused-ring (bicyclic) bond motifs is 1. The van der Waals surface area contributed by atoms with Gasteiger partial charge in [-0.1, -0.05) is 48.0 Å². The smallest absolute Gasteiger partial charge is 0.270 e. The van der Waals surface area contributed by atoms with Crippen LogP contribution in [-0.4, -0.2) is 28.4 Å². The van der Waals surface area contributed by atoms with Gasteiger partial charge in [-0.2, -0.15) is 0 Å². The summed E-state index contributed by atoms with van der Waals surface area (Å²) >= 11 is 6.08. The summed E-state index contributed by atoms with van der Waals surface area (Å²) < 4.78 is 0. The van der Waals surface area contributed by atoms with Crippen LogP contribution >= 0.6 is 11.6 Å². The predicted molar refractivity (Wildman–Crippen MR) is 119 cm³/mol. The molecule has 0 fully saturated rings. The lowest BCUT2D eigenvalue weighted by molar-refractivity contribution is 0.0669. The van der Waals surface area contributed by atoms with Crippen molar-refractivity contribution in [2.45, 2.75) is 38.8 Å². The van der Waals surface area contributed by atoms with Gasteiger partial charge in [0.25, 0.3) is 5.91 Å². The lowest BCUT2D eigenvalue weighted by Gasteiger charge is -2.34. The van der Waals surface area contributed by atoms with E-state index in [0.717, 1.165) is 47.3 Å². The van der Waals surface area contributed by atoms with E-state index < -0.39 is 0 Å². The van der Waals surface area contributed by atoms with E-state index in [0.29, 0.717) is 12.2 Å². The number of carbonyl (C=O) groups excluding carboxylic acids is 1. The molecule has 150 valence electrons. The molecule has 0 radical (unpaired) electrons. The van der Waals surface area contributed by atoms with Crippen LogP contribution in [-0.2, 0) is 6.54 Å². The van der Waals surface area contributed by atoms with E-state index in [4.69, 9.17) is 11.6 Å². The zero-order chi connectivity index (χ0) is 20.2. The number of aromatic amines is 1. The minimum Gasteiger partial charge on any atom is -0.384 e. The van der Waals surface area contributed by atoms with Gasteiger partial charge in [-0.25, -0.2) is 0 Å². The molecule has 0 spiro atoms. The highest BCUT2D eigenvalue weighted by molar-refractivity contribution is 6.30. The molecule has 1 aromatic heterocycles. The molecular formula is C24H26ClN3O. The number of halogens is 1. The molecule has 0 aliphatic heterocycles. The Morgan fingerprint density at radius 2 is 2.07 bits per heavy atom. The molecule has 1 aliphatic rings. The first-order valence-corrected chi connectivity index (χ1v) is 10.6. The second-order valence-electron chi connectivity index (χ2n) is 7.51. The molecule has 2 aromatic carbocycles. The quantitative estimate of drug-likeness (QED) is 0.566. The van der Waals surface area contributed by atoms with Gasteiger partial charge in [0, 0.05) is 47.2 Å². The molecule has 5 heteroatoms. The second-order valence-corrected chi connectivity index (χ2v) is 7.95. The standard InChI is InChI=1S/C24H26ClN3O/c1-2-28(24(29)23-14-18-8-3-4-12-22(18)27-23)21-11-6-10-20(15-21)26-16-17-7-5-9-19(25)13-17/h3-5,7-10,12-14,21,26-27H,2,6,11,15-16H2,1H3/t21-/m0/s1. The highest BCUT2D eigenvalue weighted by Crippen LogP contribution is 2.25. The molecule has 4 rings (SSSR count). The highest BCUT2D eigenvalue weighted by atomic mass is 35.5. The van der Waals surface area contributed by atoms with Crippen molar-refractivity contribution >= 4 is 28.4 Å². The number of para-hydroxylation sites is 1. The number of hydrogen-bond acceptors (Lipinski definition) is 2. The van der Waals surface area contributed by atoms with Gasteiger partial charge in [-0.05, 0) is 49.6 Å². The molecule has 3 aromatic rings. The van der Waals surface area contributed by atoms with Crippen molar-refractivity contribution in [1.29, 1.82) is 0 Å². The summed E-state index contributed by atoms with van der Waals surface area (Å²) in [7, 11) is 0. The van der Waals surface area contributed by atoms with Crippen LogP contribution in [0.4, 0.5) is 0 Å². The first-order valence-electron chi connectivity index (χ1n) is 10.2. The molecule has 1 amide bonds. The normalized spacial score (nSPS) is 16.5. The Kier molecular flexibility index (Phi) is 5.91. The number of nitrogens with one attached hydrogen (secondary N) is 2. The molecule has 0 bridgehead atoms. The molecule has 4 nitrogen and oxygen atoms in total. The van der Waals surface area contributed by atoms with Crippen LogP contribution < -0.4 is 5.32 Å². The molecule has 1 heterocycles. The third-order valence-corrected chi connectivity index (χ3v) is 5.79. The Morgan fingerprint density at radius 1 is 1.21 bits per heavy atom. The van der Waals surface area contributed by atoms with E-state index in [2.05, 4.69) is 29.4 Å². The largest absolute Gasteiger partial charge is 0.384 e. The predicted octanol–water partition coefficient (Wildman–Crippen LogP) is 5.51. The van der Waals surface area contributed by atoms with Gasteiger partial charge in [0.05, 0.1) is 0 Å². The molecule has 0 saturated carbocycles. The fourth-order valence-electron chi connectivity index (χ4n) is 4.07. The first-order chi connectivity index (χ1) is 14.1. The maximum absolute atomic E-state index is 13.2. The molecule has 0 unspecified atom stereocenters. The average molecular weight is 408 g/mol. The molecule has 1 atom stereocenters. The summed E-state index contributed by atoms with van der Waals surface area (Å²) in [6.07, 6.45) is 5.06. The number of rotatable bonds is 6. The zero-order valence-corrected chi connectivity index (χ0v) is 17.4. The van der Waals surface area contributed by atoms with Crippen LogP contribution in [0.2, 0.25) is 5.02 Å². The van der Waals surface area contributed by atoms with E-state index in [1.54, 1.807) is 0 Å². The average Bonchev–Trinajstić information content (AvgIpc) is 3.17.